The van der Waals surface area contributed by atoms with Crippen LogP contribution in [0.1, 0.15) is 25.0 Å². The van der Waals surface area contributed by atoms with Crippen LogP contribution >= 0.6 is 0 Å². The highest BCUT2D eigenvalue weighted by molar-refractivity contribution is 6.18. The molecule has 1 aliphatic carbocycles. The van der Waals surface area contributed by atoms with Gasteiger partial charge in [-0.2, -0.15) is 0 Å². The molecule has 1 aliphatic rings. The lowest BCUT2D eigenvalue weighted by Gasteiger charge is -2.21. The molecule has 0 atom stereocenters. The Labute approximate surface area is 372 Å². The summed E-state index contributed by atoms with van der Waals surface area (Å²) in [7, 11) is 0. The fourth-order valence-corrected chi connectivity index (χ4v) is 9.90. The second-order valence-corrected chi connectivity index (χ2v) is 17.2. The first-order valence-corrected chi connectivity index (χ1v) is 21.9. The average molecular weight is 819 g/mol. The minimum absolute atomic E-state index is 0.124. The number of hydrogen-bond donors (Lipinski definition) is 0. The number of fused-ring (bicyclic) bond motifs is 7. The van der Waals surface area contributed by atoms with Crippen LogP contribution < -0.4 is 0 Å². The predicted octanol–water partition coefficient (Wildman–Crippen LogP) is 15.3. The molecule has 302 valence electrons. The normalized spacial score (nSPS) is 12.7. The minimum Gasteiger partial charge on any atom is -0.309 e. The van der Waals surface area contributed by atoms with Crippen molar-refractivity contribution in [2.24, 2.45) is 0 Å². The minimum atomic E-state index is -0.124. The van der Waals surface area contributed by atoms with E-state index in [9.17, 15) is 0 Å². The maximum Gasteiger partial charge on any atom is 0.160 e. The Hall–Kier alpha value is -8.21. The van der Waals surface area contributed by atoms with Crippen LogP contribution in [0.25, 0.3) is 106 Å². The molecule has 0 aliphatic heterocycles. The number of benzene rings is 8. The first-order valence-electron chi connectivity index (χ1n) is 21.9. The van der Waals surface area contributed by atoms with E-state index in [2.05, 4.69) is 213 Å². The van der Waals surface area contributed by atoms with Crippen molar-refractivity contribution in [2.75, 3.05) is 0 Å². The predicted molar refractivity (Wildman–Crippen MR) is 264 cm³/mol. The van der Waals surface area contributed by atoms with E-state index in [1.165, 1.54) is 33.0 Å². The fourth-order valence-electron chi connectivity index (χ4n) is 9.90. The van der Waals surface area contributed by atoms with Crippen LogP contribution in [0.2, 0.25) is 0 Å². The molecule has 8 aromatic carbocycles. The molecule has 0 amide bonds. The van der Waals surface area contributed by atoms with Crippen molar-refractivity contribution in [3.05, 3.63) is 230 Å². The molecule has 3 heterocycles. The van der Waals surface area contributed by atoms with Gasteiger partial charge in [0.25, 0.3) is 0 Å². The lowest BCUT2D eigenvalue weighted by Crippen LogP contribution is -2.14. The van der Waals surface area contributed by atoms with Crippen LogP contribution in [0.5, 0.6) is 0 Å². The second kappa shape index (κ2) is 15.0. The van der Waals surface area contributed by atoms with E-state index in [0.29, 0.717) is 5.82 Å². The fraction of sp³-hybridized carbons (Fsp3) is 0.0500. The van der Waals surface area contributed by atoms with Gasteiger partial charge < -0.3 is 4.57 Å². The van der Waals surface area contributed by atoms with Crippen molar-refractivity contribution in [3.8, 4) is 84.4 Å². The summed E-state index contributed by atoms with van der Waals surface area (Å²) in [6.07, 6.45) is 0. The summed E-state index contributed by atoms with van der Waals surface area (Å²) in [5.41, 5.74) is 19.3. The zero-order valence-electron chi connectivity index (χ0n) is 35.6. The Balaban J connectivity index is 1.17. The topological polar surface area (TPSA) is 43.6 Å². The third-order valence-electron chi connectivity index (χ3n) is 13.0. The van der Waals surface area contributed by atoms with Gasteiger partial charge in [-0.15, -0.1) is 0 Å². The van der Waals surface area contributed by atoms with Gasteiger partial charge in [0.1, 0.15) is 0 Å². The van der Waals surface area contributed by atoms with Crippen LogP contribution in [0, 0.1) is 0 Å². The molecular weight excluding hydrogens is 777 g/mol. The molecule has 0 unspecified atom stereocenters. The zero-order valence-corrected chi connectivity index (χ0v) is 35.6. The smallest absolute Gasteiger partial charge is 0.160 e. The first kappa shape index (κ1) is 37.5. The third-order valence-corrected chi connectivity index (χ3v) is 13.0. The lowest BCUT2D eigenvalue weighted by atomic mass is 9.82. The quantitative estimate of drug-likeness (QED) is 0.161. The van der Waals surface area contributed by atoms with Gasteiger partial charge in [-0.3, -0.25) is 0 Å². The van der Waals surface area contributed by atoms with Gasteiger partial charge in [0.05, 0.1) is 39.5 Å². The Morgan fingerprint density at radius 2 is 0.922 bits per heavy atom. The van der Waals surface area contributed by atoms with E-state index in [-0.39, 0.29) is 5.41 Å². The lowest BCUT2D eigenvalue weighted by molar-refractivity contribution is 0.661. The molecule has 0 saturated heterocycles. The molecule has 0 spiro atoms. The van der Waals surface area contributed by atoms with Crippen molar-refractivity contribution in [1.29, 1.82) is 0 Å². The van der Waals surface area contributed by atoms with Crippen LogP contribution in [0.15, 0.2) is 218 Å². The molecule has 0 saturated carbocycles. The van der Waals surface area contributed by atoms with Crippen LogP contribution in [-0.2, 0) is 5.41 Å². The molecule has 4 nitrogen and oxygen atoms in total. The van der Waals surface area contributed by atoms with Crippen molar-refractivity contribution in [2.45, 2.75) is 19.3 Å². The van der Waals surface area contributed by atoms with E-state index in [1.54, 1.807) is 0 Å². The molecule has 0 radical (unpaired) electrons. The van der Waals surface area contributed by atoms with Crippen LogP contribution in [0.4, 0.5) is 0 Å². The van der Waals surface area contributed by atoms with Crippen LogP contribution in [-0.4, -0.2) is 19.5 Å². The van der Waals surface area contributed by atoms with E-state index in [1.807, 2.05) is 24.3 Å². The highest BCUT2D eigenvalue weighted by Gasteiger charge is 2.37. The molecule has 0 bridgehead atoms. The SMILES string of the molecule is CC1(C)c2ccccc2-c2c1ccc1c2c2ccccc2n1-c1ccc(-c2cc(-c3ccccc3)nc(-c3ccccc3)n2)cc1-c1cc(-c2ccccc2)cc(-c2ccccc2)n1. The largest absolute Gasteiger partial charge is 0.309 e. The Bertz CT molecular complexity index is 3440. The monoisotopic (exact) mass is 818 g/mol. The summed E-state index contributed by atoms with van der Waals surface area (Å²) in [5, 5.41) is 2.50. The summed E-state index contributed by atoms with van der Waals surface area (Å²) in [6.45, 7) is 4.71. The van der Waals surface area contributed by atoms with Crippen molar-refractivity contribution >= 4 is 21.8 Å². The Morgan fingerprint density at radius 1 is 0.359 bits per heavy atom. The van der Waals surface area contributed by atoms with Gasteiger partial charge in [0.2, 0.25) is 0 Å². The summed E-state index contributed by atoms with van der Waals surface area (Å²) in [5.74, 6) is 0.678. The van der Waals surface area contributed by atoms with Gasteiger partial charge >= 0.3 is 0 Å². The van der Waals surface area contributed by atoms with Gasteiger partial charge in [0, 0.05) is 44.0 Å². The summed E-state index contributed by atoms with van der Waals surface area (Å²) in [6, 6.07) is 77.6. The van der Waals surface area contributed by atoms with Gasteiger partial charge in [-0.25, -0.2) is 15.0 Å². The molecule has 0 N–H and O–H groups in total. The number of pyridine rings is 1. The second-order valence-electron chi connectivity index (χ2n) is 17.2. The highest BCUT2D eigenvalue weighted by Crippen LogP contribution is 2.53. The number of aromatic nitrogens is 4. The van der Waals surface area contributed by atoms with Gasteiger partial charge in [-0.05, 0) is 75.8 Å². The average Bonchev–Trinajstić information content (AvgIpc) is 3.82. The van der Waals surface area contributed by atoms with Crippen LogP contribution in [0.3, 0.4) is 0 Å². The van der Waals surface area contributed by atoms with Gasteiger partial charge in [-0.1, -0.05) is 190 Å². The molecule has 12 rings (SSSR count). The maximum atomic E-state index is 5.56. The maximum absolute atomic E-state index is 5.56. The standard InChI is InChI=1S/C60H42N4/c1-60(2)48-29-17-15-27-45(48)57-49(60)32-34-56-58(57)46-28-16-18-30-54(46)64(56)55-33-31-43(52-38-51(41-23-11-5-12-24-41)62-59(63-52)42-25-13-6-14-26-42)35-47(55)53-37-44(39-19-7-3-8-20-39)36-50(61-53)40-21-9-4-10-22-40/h3-38H,1-2H3. The van der Waals surface area contributed by atoms with Crippen molar-refractivity contribution < 1.29 is 0 Å². The Kier molecular flexibility index (Phi) is 8.80. The molecule has 4 heteroatoms. The summed E-state index contributed by atoms with van der Waals surface area (Å²) in [4.78, 5) is 16.0. The van der Waals surface area contributed by atoms with Crippen molar-refractivity contribution in [3.63, 3.8) is 0 Å². The molecule has 3 aromatic heterocycles. The highest BCUT2D eigenvalue weighted by atomic mass is 15.0. The number of hydrogen-bond acceptors (Lipinski definition) is 3. The van der Waals surface area contributed by atoms with E-state index in [4.69, 9.17) is 15.0 Å². The summed E-state index contributed by atoms with van der Waals surface area (Å²) < 4.78 is 2.46. The number of rotatable bonds is 7. The van der Waals surface area contributed by atoms with Crippen molar-refractivity contribution in [1.82, 2.24) is 19.5 Å². The molecule has 64 heavy (non-hydrogen) atoms. The summed E-state index contributed by atoms with van der Waals surface area (Å²) >= 11 is 0. The number of para-hydroxylation sites is 1. The van der Waals surface area contributed by atoms with E-state index in [0.717, 1.165) is 78.4 Å². The molecule has 0 fully saturated rings. The van der Waals surface area contributed by atoms with E-state index >= 15 is 0 Å². The van der Waals surface area contributed by atoms with Gasteiger partial charge in [0.15, 0.2) is 5.82 Å². The third kappa shape index (κ3) is 6.18. The molecule has 11 aromatic rings. The van der Waals surface area contributed by atoms with E-state index < -0.39 is 0 Å². The molecular formula is C60H42N4. The zero-order chi connectivity index (χ0) is 42.8. The Morgan fingerprint density at radius 3 is 1.62 bits per heavy atom. The number of nitrogens with zero attached hydrogens (tertiary/aromatic N) is 4. The first-order chi connectivity index (χ1) is 31.5.